The lowest BCUT2D eigenvalue weighted by Gasteiger charge is -2.05. The first-order valence-electron chi connectivity index (χ1n) is 4.14. The van der Waals surface area contributed by atoms with E-state index >= 15 is 0 Å². The molecule has 0 saturated carbocycles. The van der Waals surface area contributed by atoms with Gasteiger partial charge in [0.1, 0.15) is 24.0 Å². The third-order valence-corrected chi connectivity index (χ3v) is 1.66. The van der Waals surface area contributed by atoms with Crippen molar-refractivity contribution in [3.05, 3.63) is 33.9 Å². The Labute approximate surface area is 89.0 Å². The molecule has 0 saturated heterocycles. The normalized spacial score (nSPS) is 9.88. The lowest BCUT2D eigenvalue weighted by Crippen LogP contribution is -2.07. The number of hydrogen-bond acceptors (Lipinski definition) is 4. The zero-order valence-electron chi connectivity index (χ0n) is 7.89. The molecular formula is C9H6F2N2O3. The highest BCUT2D eigenvalue weighted by molar-refractivity contribution is 5.52. The van der Waals surface area contributed by atoms with Gasteiger partial charge in [-0.15, -0.1) is 0 Å². The summed E-state index contributed by atoms with van der Waals surface area (Å²) in [6.07, 6.45) is -2.64. The number of rotatable bonds is 4. The summed E-state index contributed by atoms with van der Waals surface area (Å²) in [5.41, 5.74) is -0.608. The molecule has 0 aliphatic rings. The van der Waals surface area contributed by atoms with Crippen molar-refractivity contribution in [2.45, 2.75) is 6.43 Å². The Kier molecular flexibility index (Phi) is 3.72. The molecule has 1 aromatic rings. The molecule has 0 aromatic heterocycles. The molecule has 0 atom stereocenters. The Morgan fingerprint density at radius 3 is 2.75 bits per heavy atom. The van der Waals surface area contributed by atoms with E-state index in [2.05, 4.69) is 4.74 Å². The van der Waals surface area contributed by atoms with Crippen LogP contribution >= 0.6 is 0 Å². The minimum atomic E-state index is -2.64. The molecule has 0 heterocycles. The lowest BCUT2D eigenvalue weighted by molar-refractivity contribution is -0.385. The van der Waals surface area contributed by atoms with Crippen molar-refractivity contribution >= 4 is 5.69 Å². The third kappa shape index (κ3) is 2.88. The fourth-order valence-corrected chi connectivity index (χ4v) is 1.01. The fraction of sp³-hybridized carbons (Fsp3) is 0.222. The molecule has 7 heteroatoms. The van der Waals surface area contributed by atoms with E-state index in [0.717, 1.165) is 12.1 Å². The number of hydrogen-bond donors (Lipinski definition) is 0. The number of ether oxygens (including phenoxy) is 1. The number of nitro benzene ring substituents is 1. The van der Waals surface area contributed by atoms with E-state index in [0.29, 0.717) is 0 Å². The maximum atomic E-state index is 11.8. The fourth-order valence-electron chi connectivity index (χ4n) is 1.01. The van der Waals surface area contributed by atoms with Gasteiger partial charge in [-0.05, 0) is 6.07 Å². The van der Waals surface area contributed by atoms with Crippen molar-refractivity contribution in [3.8, 4) is 11.8 Å². The van der Waals surface area contributed by atoms with E-state index in [1.165, 1.54) is 6.07 Å². The standard InChI is InChI=1S/C9H6F2N2O3/c10-9(11)5-16-7-1-2-8(13(14)15)6(3-7)4-12/h1-3,9H,5H2. The first-order valence-corrected chi connectivity index (χ1v) is 4.14. The van der Waals surface area contributed by atoms with Crippen molar-refractivity contribution in [2.24, 2.45) is 0 Å². The largest absolute Gasteiger partial charge is 0.488 e. The second-order valence-electron chi connectivity index (χ2n) is 2.75. The number of halogens is 2. The Balaban J connectivity index is 2.92. The second-order valence-corrected chi connectivity index (χ2v) is 2.75. The minimum absolute atomic E-state index is 0.00227. The van der Waals surface area contributed by atoms with Crippen LogP contribution in [-0.4, -0.2) is 18.0 Å². The number of nitro groups is 1. The van der Waals surface area contributed by atoms with E-state index in [4.69, 9.17) is 5.26 Å². The van der Waals surface area contributed by atoms with Crippen LogP contribution in [0.2, 0.25) is 0 Å². The van der Waals surface area contributed by atoms with Crippen molar-refractivity contribution in [2.75, 3.05) is 6.61 Å². The lowest BCUT2D eigenvalue weighted by atomic mass is 10.2. The maximum Gasteiger partial charge on any atom is 0.287 e. The van der Waals surface area contributed by atoms with Gasteiger partial charge >= 0.3 is 0 Å². The van der Waals surface area contributed by atoms with Crippen LogP contribution in [0.25, 0.3) is 0 Å². The quantitative estimate of drug-likeness (QED) is 0.584. The Bertz CT molecular complexity index is 443. The molecule has 0 N–H and O–H groups in total. The smallest absolute Gasteiger partial charge is 0.287 e. The van der Waals surface area contributed by atoms with Crippen molar-refractivity contribution in [3.63, 3.8) is 0 Å². The Morgan fingerprint density at radius 2 is 2.25 bits per heavy atom. The molecule has 0 unspecified atom stereocenters. The van der Waals surface area contributed by atoms with Gasteiger partial charge in [0.15, 0.2) is 0 Å². The Morgan fingerprint density at radius 1 is 1.56 bits per heavy atom. The third-order valence-electron chi connectivity index (χ3n) is 1.66. The second kappa shape index (κ2) is 5.02. The van der Waals surface area contributed by atoms with Crippen molar-refractivity contribution in [1.29, 1.82) is 5.26 Å². The predicted octanol–water partition coefficient (Wildman–Crippen LogP) is 2.11. The number of alkyl halides is 2. The van der Waals surface area contributed by atoms with Gasteiger partial charge in [0.25, 0.3) is 12.1 Å². The molecule has 1 rings (SSSR count). The van der Waals surface area contributed by atoms with Crippen LogP contribution in [-0.2, 0) is 0 Å². The minimum Gasteiger partial charge on any atom is -0.488 e. The SMILES string of the molecule is N#Cc1cc(OCC(F)F)ccc1[N+](=O)[O-]. The summed E-state index contributed by atoms with van der Waals surface area (Å²) in [5.74, 6) is 0.00227. The molecule has 0 aliphatic heterocycles. The van der Waals surface area contributed by atoms with Gasteiger partial charge in [-0.1, -0.05) is 0 Å². The summed E-state index contributed by atoms with van der Waals surface area (Å²) in [4.78, 5) is 9.72. The first kappa shape index (κ1) is 11.8. The summed E-state index contributed by atoms with van der Waals surface area (Å²) in [5, 5.41) is 19.1. The summed E-state index contributed by atoms with van der Waals surface area (Å²) in [6, 6.07) is 4.86. The predicted molar refractivity (Wildman–Crippen MR) is 49.3 cm³/mol. The van der Waals surface area contributed by atoms with Gasteiger partial charge in [-0.25, -0.2) is 8.78 Å². The van der Waals surface area contributed by atoms with E-state index in [-0.39, 0.29) is 17.0 Å². The van der Waals surface area contributed by atoms with Crippen LogP contribution in [0.4, 0.5) is 14.5 Å². The van der Waals surface area contributed by atoms with E-state index in [1.54, 1.807) is 6.07 Å². The summed E-state index contributed by atoms with van der Waals surface area (Å²) in [6.45, 7) is -0.817. The molecular weight excluding hydrogens is 222 g/mol. The highest BCUT2D eigenvalue weighted by Crippen LogP contribution is 2.23. The van der Waals surface area contributed by atoms with Gasteiger partial charge in [0, 0.05) is 12.1 Å². The molecule has 0 aliphatic carbocycles. The maximum absolute atomic E-state index is 11.8. The molecule has 5 nitrogen and oxygen atoms in total. The van der Waals surface area contributed by atoms with Crippen LogP contribution in [0, 0.1) is 21.4 Å². The Hall–Kier alpha value is -2.23. The van der Waals surface area contributed by atoms with Gasteiger partial charge < -0.3 is 4.74 Å². The molecule has 84 valence electrons. The zero-order valence-corrected chi connectivity index (χ0v) is 7.89. The van der Waals surface area contributed by atoms with Crippen LogP contribution < -0.4 is 4.74 Å². The molecule has 16 heavy (non-hydrogen) atoms. The highest BCUT2D eigenvalue weighted by Gasteiger charge is 2.14. The van der Waals surface area contributed by atoms with Crippen LogP contribution in [0.15, 0.2) is 18.2 Å². The molecule has 0 amide bonds. The van der Waals surface area contributed by atoms with Gasteiger partial charge in [0.2, 0.25) is 0 Å². The van der Waals surface area contributed by atoms with Gasteiger partial charge in [-0.3, -0.25) is 10.1 Å². The van der Waals surface area contributed by atoms with Crippen molar-refractivity contribution in [1.82, 2.24) is 0 Å². The highest BCUT2D eigenvalue weighted by atomic mass is 19.3. The van der Waals surface area contributed by atoms with Crippen LogP contribution in [0.1, 0.15) is 5.56 Å². The zero-order chi connectivity index (χ0) is 12.1. The van der Waals surface area contributed by atoms with Gasteiger partial charge in [-0.2, -0.15) is 5.26 Å². The average molecular weight is 228 g/mol. The summed E-state index contributed by atoms with van der Waals surface area (Å²) < 4.78 is 28.2. The number of benzene rings is 1. The first-order chi connectivity index (χ1) is 7.54. The van der Waals surface area contributed by atoms with E-state index < -0.39 is 18.0 Å². The summed E-state index contributed by atoms with van der Waals surface area (Å²) >= 11 is 0. The van der Waals surface area contributed by atoms with E-state index in [9.17, 15) is 18.9 Å². The van der Waals surface area contributed by atoms with Gasteiger partial charge in [0.05, 0.1) is 4.92 Å². The topological polar surface area (TPSA) is 76.2 Å². The average Bonchev–Trinajstić information content (AvgIpc) is 2.25. The summed E-state index contributed by atoms with van der Waals surface area (Å²) in [7, 11) is 0. The monoisotopic (exact) mass is 228 g/mol. The van der Waals surface area contributed by atoms with Crippen LogP contribution in [0.3, 0.4) is 0 Å². The number of nitriles is 1. The van der Waals surface area contributed by atoms with Crippen molar-refractivity contribution < 1.29 is 18.4 Å². The molecule has 0 fully saturated rings. The van der Waals surface area contributed by atoms with E-state index in [1.807, 2.05) is 0 Å². The van der Waals surface area contributed by atoms with Crippen LogP contribution in [0.5, 0.6) is 5.75 Å². The molecule has 0 bridgehead atoms. The molecule has 0 spiro atoms. The molecule has 0 radical (unpaired) electrons. The number of nitrogens with zero attached hydrogens (tertiary/aromatic N) is 2. The molecule has 1 aromatic carbocycles.